The highest BCUT2D eigenvalue weighted by Gasteiger charge is 2.23. The lowest BCUT2D eigenvalue weighted by Gasteiger charge is -2.34. The highest BCUT2D eigenvalue weighted by molar-refractivity contribution is 5.74. The predicted molar refractivity (Wildman–Crippen MR) is 97.2 cm³/mol. The Hall–Kier alpha value is -1.59. The summed E-state index contributed by atoms with van der Waals surface area (Å²) < 4.78 is 0. The second-order valence-electron chi connectivity index (χ2n) is 7.17. The third kappa shape index (κ3) is 4.95. The number of rotatable bonds is 5. The lowest BCUT2D eigenvalue weighted by Crippen LogP contribution is -2.52. The summed E-state index contributed by atoms with van der Waals surface area (Å²) in [6.07, 6.45) is 2.28. The summed E-state index contributed by atoms with van der Waals surface area (Å²) in [7, 11) is 2.15. The molecule has 5 nitrogen and oxygen atoms in total. The van der Waals surface area contributed by atoms with Crippen LogP contribution in [-0.2, 0) is 6.42 Å². The Labute approximate surface area is 145 Å². The van der Waals surface area contributed by atoms with Crippen LogP contribution in [0.15, 0.2) is 30.3 Å². The number of likely N-dealkylation sites (tertiary alicyclic amines) is 1. The number of piperazine rings is 1. The van der Waals surface area contributed by atoms with Gasteiger partial charge in [-0.1, -0.05) is 30.3 Å². The second kappa shape index (κ2) is 8.49. The summed E-state index contributed by atoms with van der Waals surface area (Å²) in [6.45, 7) is 7.79. The maximum atomic E-state index is 12.3. The molecule has 1 unspecified atom stereocenters. The molecule has 2 amide bonds. The van der Waals surface area contributed by atoms with Crippen LogP contribution < -0.4 is 5.32 Å². The Morgan fingerprint density at radius 3 is 2.54 bits per heavy atom. The first-order valence-electron chi connectivity index (χ1n) is 9.18. The van der Waals surface area contributed by atoms with Gasteiger partial charge in [0.05, 0.1) is 0 Å². The molecule has 2 saturated heterocycles. The maximum absolute atomic E-state index is 12.3. The van der Waals surface area contributed by atoms with E-state index in [2.05, 4.69) is 52.5 Å². The van der Waals surface area contributed by atoms with Gasteiger partial charge in [-0.3, -0.25) is 4.90 Å². The zero-order valence-corrected chi connectivity index (χ0v) is 14.8. The molecule has 2 heterocycles. The minimum Gasteiger partial charge on any atom is -0.338 e. The van der Waals surface area contributed by atoms with Crippen molar-refractivity contribution >= 4 is 6.03 Å². The van der Waals surface area contributed by atoms with Gasteiger partial charge >= 0.3 is 6.03 Å². The Morgan fingerprint density at radius 2 is 1.88 bits per heavy atom. The van der Waals surface area contributed by atoms with Crippen molar-refractivity contribution in [2.24, 2.45) is 5.92 Å². The van der Waals surface area contributed by atoms with E-state index < -0.39 is 0 Å². The van der Waals surface area contributed by atoms with E-state index in [1.807, 2.05) is 4.90 Å². The van der Waals surface area contributed by atoms with Crippen LogP contribution in [0.2, 0.25) is 0 Å². The molecule has 1 N–H and O–H groups in total. The molecular formula is C19H30N4O. The maximum Gasteiger partial charge on any atom is 0.317 e. The van der Waals surface area contributed by atoms with Gasteiger partial charge in [0, 0.05) is 45.8 Å². The van der Waals surface area contributed by atoms with Gasteiger partial charge in [0.1, 0.15) is 0 Å². The molecule has 0 aromatic heterocycles. The fraction of sp³-hybridized carbons (Fsp3) is 0.632. The van der Waals surface area contributed by atoms with Crippen molar-refractivity contribution in [1.29, 1.82) is 0 Å². The van der Waals surface area contributed by atoms with Crippen molar-refractivity contribution in [2.75, 3.05) is 59.4 Å². The van der Waals surface area contributed by atoms with Crippen molar-refractivity contribution in [3.63, 3.8) is 0 Å². The summed E-state index contributed by atoms with van der Waals surface area (Å²) in [5.41, 5.74) is 1.39. The highest BCUT2D eigenvalue weighted by atomic mass is 16.2. The lowest BCUT2D eigenvalue weighted by atomic mass is 10.1. The number of hydrogen-bond acceptors (Lipinski definition) is 3. The molecule has 24 heavy (non-hydrogen) atoms. The highest BCUT2D eigenvalue weighted by Crippen LogP contribution is 2.13. The summed E-state index contributed by atoms with van der Waals surface area (Å²) in [5, 5.41) is 3.13. The van der Waals surface area contributed by atoms with E-state index in [1.165, 1.54) is 12.0 Å². The van der Waals surface area contributed by atoms with E-state index >= 15 is 0 Å². The van der Waals surface area contributed by atoms with Gasteiger partial charge in [-0.25, -0.2) is 4.79 Å². The normalized spacial score (nSPS) is 22.7. The molecule has 0 aliphatic carbocycles. The lowest BCUT2D eigenvalue weighted by molar-refractivity contribution is 0.139. The molecule has 2 fully saturated rings. The monoisotopic (exact) mass is 330 g/mol. The van der Waals surface area contributed by atoms with Gasteiger partial charge in [-0.05, 0) is 37.9 Å². The zero-order valence-electron chi connectivity index (χ0n) is 14.8. The molecule has 1 aromatic rings. The molecule has 0 bridgehead atoms. The van der Waals surface area contributed by atoms with Crippen LogP contribution in [-0.4, -0.2) is 80.1 Å². The van der Waals surface area contributed by atoms with Crippen LogP contribution in [0.3, 0.4) is 0 Å². The summed E-state index contributed by atoms with van der Waals surface area (Å²) >= 11 is 0. The number of urea groups is 1. The number of carbonyl (C=O) groups is 1. The molecule has 3 rings (SSSR count). The molecular weight excluding hydrogens is 300 g/mol. The van der Waals surface area contributed by atoms with Crippen LogP contribution in [0.25, 0.3) is 0 Å². The van der Waals surface area contributed by atoms with Crippen LogP contribution in [0.5, 0.6) is 0 Å². The van der Waals surface area contributed by atoms with Gasteiger partial charge < -0.3 is 15.1 Å². The standard InChI is InChI=1S/C19H30N4O/c1-21-9-7-18(16-21)15-20-19(24)23-13-11-22(12-14-23)10-8-17-5-3-2-4-6-17/h2-6,18H,7-16H2,1H3,(H,20,24). The summed E-state index contributed by atoms with van der Waals surface area (Å²) in [5.74, 6) is 0.617. The number of amides is 2. The predicted octanol–water partition coefficient (Wildman–Crippen LogP) is 1.51. The topological polar surface area (TPSA) is 38.8 Å². The van der Waals surface area contributed by atoms with Crippen LogP contribution in [0.4, 0.5) is 4.79 Å². The Morgan fingerprint density at radius 1 is 1.12 bits per heavy atom. The van der Waals surface area contributed by atoms with Gasteiger partial charge in [-0.15, -0.1) is 0 Å². The van der Waals surface area contributed by atoms with E-state index in [-0.39, 0.29) is 6.03 Å². The molecule has 0 spiro atoms. The van der Waals surface area contributed by atoms with Crippen molar-refractivity contribution in [1.82, 2.24) is 20.0 Å². The Balaban J connectivity index is 1.33. The fourth-order valence-electron chi connectivity index (χ4n) is 3.64. The largest absolute Gasteiger partial charge is 0.338 e. The minimum atomic E-state index is 0.118. The van der Waals surface area contributed by atoms with E-state index in [0.717, 1.165) is 58.8 Å². The zero-order chi connectivity index (χ0) is 16.8. The molecule has 2 aliphatic heterocycles. The summed E-state index contributed by atoms with van der Waals surface area (Å²) in [6, 6.07) is 10.7. The van der Waals surface area contributed by atoms with Gasteiger partial charge in [0.25, 0.3) is 0 Å². The van der Waals surface area contributed by atoms with E-state index in [1.54, 1.807) is 0 Å². The number of nitrogens with one attached hydrogen (secondary N) is 1. The molecule has 5 heteroatoms. The third-order valence-electron chi connectivity index (χ3n) is 5.25. The van der Waals surface area contributed by atoms with Crippen LogP contribution >= 0.6 is 0 Å². The Bertz CT molecular complexity index is 513. The van der Waals surface area contributed by atoms with E-state index in [4.69, 9.17) is 0 Å². The number of hydrogen-bond donors (Lipinski definition) is 1. The Kier molecular flexibility index (Phi) is 6.10. The molecule has 1 aromatic carbocycles. The first-order valence-corrected chi connectivity index (χ1v) is 9.18. The van der Waals surface area contributed by atoms with Crippen LogP contribution in [0, 0.1) is 5.92 Å². The van der Waals surface area contributed by atoms with E-state index in [9.17, 15) is 4.79 Å². The van der Waals surface area contributed by atoms with Crippen molar-refractivity contribution in [3.8, 4) is 0 Å². The average molecular weight is 330 g/mol. The van der Waals surface area contributed by atoms with Crippen LogP contribution in [0.1, 0.15) is 12.0 Å². The molecule has 0 radical (unpaired) electrons. The molecule has 132 valence electrons. The average Bonchev–Trinajstić information content (AvgIpc) is 3.04. The van der Waals surface area contributed by atoms with Crippen molar-refractivity contribution in [2.45, 2.75) is 12.8 Å². The first-order chi connectivity index (χ1) is 11.7. The number of nitrogens with zero attached hydrogens (tertiary/aromatic N) is 3. The second-order valence-corrected chi connectivity index (χ2v) is 7.17. The van der Waals surface area contributed by atoms with Gasteiger partial charge in [0.15, 0.2) is 0 Å². The van der Waals surface area contributed by atoms with Crippen molar-refractivity contribution < 1.29 is 4.79 Å². The number of benzene rings is 1. The minimum absolute atomic E-state index is 0.118. The number of carbonyl (C=O) groups excluding carboxylic acids is 1. The molecule has 0 saturated carbocycles. The van der Waals surface area contributed by atoms with Gasteiger partial charge in [0.2, 0.25) is 0 Å². The third-order valence-corrected chi connectivity index (χ3v) is 5.25. The quantitative estimate of drug-likeness (QED) is 0.889. The summed E-state index contributed by atoms with van der Waals surface area (Å²) in [4.78, 5) is 19.1. The molecule has 2 aliphatic rings. The fourth-order valence-corrected chi connectivity index (χ4v) is 3.64. The first kappa shape index (κ1) is 17.2. The van der Waals surface area contributed by atoms with Crippen molar-refractivity contribution in [3.05, 3.63) is 35.9 Å². The van der Waals surface area contributed by atoms with E-state index in [0.29, 0.717) is 5.92 Å². The van der Waals surface area contributed by atoms with Gasteiger partial charge in [-0.2, -0.15) is 0 Å². The SMILES string of the molecule is CN1CCC(CNC(=O)N2CCN(CCc3ccccc3)CC2)C1. The molecule has 1 atom stereocenters. The smallest absolute Gasteiger partial charge is 0.317 e.